The molecule has 2 nitrogen and oxygen atoms in total. The molecule has 0 saturated carbocycles. The van der Waals surface area contributed by atoms with Crippen molar-refractivity contribution in [3.8, 4) is 0 Å². The fourth-order valence-electron chi connectivity index (χ4n) is 7.57. The molecule has 0 aliphatic carbocycles. The van der Waals surface area contributed by atoms with E-state index in [2.05, 4.69) is 13.5 Å². The summed E-state index contributed by atoms with van der Waals surface area (Å²) in [6.45, 7) is 8.05. The van der Waals surface area contributed by atoms with E-state index in [-0.39, 0.29) is 12.2 Å². The molecule has 294 valence electrons. The molecule has 0 heterocycles. The van der Waals surface area contributed by atoms with Crippen LogP contribution in [0.1, 0.15) is 277 Å². The van der Waals surface area contributed by atoms with Gasteiger partial charge in [0.1, 0.15) is 0 Å². The Bertz CT molecular complexity index is 615. The van der Waals surface area contributed by atoms with Gasteiger partial charge < -0.3 is 10.2 Å². The second-order valence-corrected chi connectivity index (χ2v) is 16.5. The number of aliphatic hydroxyl groups is 2. The molecular formula is C47H94O2. The first-order chi connectivity index (χ1) is 24.1. The van der Waals surface area contributed by atoms with Crippen LogP contribution in [-0.4, -0.2) is 22.4 Å². The molecule has 0 spiro atoms. The number of rotatable bonds is 43. The van der Waals surface area contributed by atoms with Gasteiger partial charge in [-0.1, -0.05) is 263 Å². The van der Waals surface area contributed by atoms with Crippen molar-refractivity contribution in [2.45, 2.75) is 289 Å². The van der Waals surface area contributed by atoms with Gasteiger partial charge in [-0.2, -0.15) is 0 Å². The molecule has 0 aromatic rings. The van der Waals surface area contributed by atoms with Gasteiger partial charge in [0.15, 0.2) is 0 Å². The van der Waals surface area contributed by atoms with Crippen LogP contribution in [0.2, 0.25) is 0 Å². The Balaban J connectivity index is 3.16. The van der Waals surface area contributed by atoms with Crippen LogP contribution < -0.4 is 0 Å². The summed E-state index contributed by atoms with van der Waals surface area (Å²) in [5.74, 6) is 0. The van der Waals surface area contributed by atoms with E-state index in [1.165, 1.54) is 238 Å². The van der Waals surface area contributed by atoms with Crippen LogP contribution in [0.5, 0.6) is 0 Å². The van der Waals surface area contributed by atoms with E-state index in [0.29, 0.717) is 0 Å². The lowest BCUT2D eigenvalue weighted by molar-refractivity contribution is 0.147. The van der Waals surface area contributed by atoms with Crippen LogP contribution in [0.3, 0.4) is 0 Å². The summed E-state index contributed by atoms with van der Waals surface area (Å²) in [6.07, 6.45) is 55.8. The maximum absolute atomic E-state index is 10.4. The van der Waals surface area contributed by atoms with Gasteiger partial charge in [0, 0.05) is 0 Å². The third-order valence-corrected chi connectivity index (χ3v) is 11.2. The zero-order valence-corrected chi connectivity index (χ0v) is 34.2. The van der Waals surface area contributed by atoms with Gasteiger partial charge in [-0.3, -0.25) is 0 Å². The van der Waals surface area contributed by atoms with E-state index < -0.39 is 0 Å². The minimum atomic E-state index is -0.291. The molecule has 0 radical (unpaired) electrons. The Kier molecular flexibility index (Phi) is 41.8. The highest BCUT2D eigenvalue weighted by Crippen LogP contribution is 2.18. The van der Waals surface area contributed by atoms with Crippen molar-refractivity contribution in [3.05, 3.63) is 12.2 Å². The molecule has 49 heavy (non-hydrogen) atoms. The standard InChI is InChI=1S/C47H94O2/c1-4-5-6-7-8-9-10-11-12-13-14-15-16-17-18-19-21-24-27-30-33-36-39-42-46(48)43-40-37-34-31-28-25-22-20-23-26-29-32-35-38-41-44-47(49)45(2)3/h46-49H,2,4-44H2,1,3H3/t46-,47+/m0/s1. The summed E-state index contributed by atoms with van der Waals surface area (Å²) in [7, 11) is 0. The lowest BCUT2D eigenvalue weighted by Crippen LogP contribution is -2.06. The Morgan fingerprint density at radius 2 is 0.510 bits per heavy atom. The van der Waals surface area contributed by atoms with Crippen molar-refractivity contribution >= 4 is 0 Å². The van der Waals surface area contributed by atoms with E-state index in [9.17, 15) is 10.2 Å². The predicted molar refractivity (Wildman–Crippen MR) is 222 cm³/mol. The highest BCUT2D eigenvalue weighted by atomic mass is 16.3. The lowest BCUT2D eigenvalue weighted by Gasteiger charge is -2.10. The molecule has 0 unspecified atom stereocenters. The second kappa shape index (κ2) is 42.1. The Morgan fingerprint density at radius 3 is 0.714 bits per heavy atom. The average molecular weight is 691 g/mol. The van der Waals surface area contributed by atoms with Gasteiger partial charge >= 0.3 is 0 Å². The number of unbranched alkanes of at least 4 members (excludes halogenated alkanes) is 36. The molecule has 0 saturated heterocycles. The quantitative estimate of drug-likeness (QED) is 0.0494. The van der Waals surface area contributed by atoms with Crippen LogP contribution in [-0.2, 0) is 0 Å². The maximum atomic E-state index is 10.4. The van der Waals surface area contributed by atoms with Crippen molar-refractivity contribution in [2.75, 3.05) is 0 Å². The van der Waals surface area contributed by atoms with Gasteiger partial charge in [-0.25, -0.2) is 0 Å². The summed E-state index contributed by atoms with van der Waals surface area (Å²) in [4.78, 5) is 0. The smallest absolute Gasteiger partial charge is 0.0744 e. The first-order valence-corrected chi connectivity index (χ1v) is 23.1. The lowest BCUT2D eigenvalue weighted by atomic mass is 10.0. The highest BCUT2D eigenvalue weighted by molar-refractivity contribution is 4.96. The van der Waals surface area contributed by atoms with Crippen molar-refractivity contribution in [2.24, 2.45) is 0 Å². The molecule has 0 aliphatic rings. The predicted octanol–water partition coefficient (Wildman–Crippen LogP) is 16.3. The number of hydrogen-bond donors (Lipinski definition) is 2. The topological polar surface area (TPSA) is 40.5 Å². The average Bonchev–Trinajstić information content (AvgIpc) is 3.09. The monoisotopic (exact) mass is 691 g/mol. The zero-order chi connectivity index (χ0) is 35.7. The molecule has 0 aromatic carbocycles. The van der Waals surface area contributed by atoms with Gasteiger partial charge in [0.05, 0.1) is 12.2 Å². The third-order valence-electron chi connectivity index (χ3n) is 11.2. The minimum absolute atomic E-state index is 0.0515. The molecule has 0 aliphatic heterocycles. The molecule has 0 aromatic heterocycles. The zero-order valence-electron chi connectivity index (χ0n) is 34.2. The molecule has 2 heteroatoms. The van der Waals surface area contributed by atoms with Gasteiger partial charge in [0.25, 0.3) is 0 Å². The first kappa shape index (κ1) is 48.7. The Morgan fingerprint density at radius 1 is 0.327 bits per heavy atom. The van der Waals surface area contributed by atoms with E-state index in [1.807, 2.05) is 6.92 Å². The van der Waals surface area contributed by atoms with Crippen molar-refractivity contribution in [3.63, 3.8) is 0 Å². The molecule has 0 rings (SSSR count). The third kappa shape index (κ3) is 42.0. The normalized spacial score (nSPS) is 12.9. The van der Waals surface area contributed by atoms with E-state index in [0.717, 1.165) is 31.3 Å². The molecule has 0 fully saturated rings. The van der Waals surface area contributed by atoms with E-state index >= 15 is 0 Å². The highest BCUT2D eigenvalue weighted by Gasteiger charge is 2.05. The molecule has 0 amide bonds. The number of hydrogen-bond acceptors (Lipinski definition) is 2. The Labute approximate surface area is 310 Å². The first-order valence-electron chi connectivity index (χ1n) is 23.1. The van der Waals surface area contributed by atoms with Gasteiger partial charge in [-0.05, 0) is 26.2 Å². The van der Waals surface area contributed by atoms with Crippen LogP contribution in [0, 0.1) is 0 Å². The summed E-state index contributed by atoms with van der Waals surface area (Å²) >= 11 is 0. The van der Waals surface area contributed by atoms with E-state index in [4.69, 9.17) is 0 Å². The molecule has 0 bridgehead atoms. The van der Waals surface area contributed by atoms with E-state index in [1.54, 1.807) is 0 Å². The molecule has 2 N–H and O–H groups in total. The largest absolute Gasteiger partial charge is 0.393 e. The van der Waals surface area contributed by atoms with Crippen LogP contribution in [0.15, 0.2) is 12.2 Å². The van der Waals surface area contributed by atoms with Crippen LogP contribution >= 0.6 is 0 Å². The minimum Gasteiger partial charge on any atom is -0.393 e. The SMILES string of the molecule is C=C(C)[C@H](O)CCCCCCCCCCCCCCCCC[C@@H](O)CCCCCCCCCCCCCCCCCCCCCCCCC. The summed E-state index contributed by atoms with van der Waals surface area (Å²) in [5.41, 5.74) is 0.904. The number of aliphatic hydroxyl groups excluding tert-OH is 2. The summed E-state index contributed by atoms with van der Waals surface area (Å²) in [5, 5.41) is 20.1. The van der Waals surface area contributed by atoms with Gasteiger partial charge in [0.2, 0.25) is 0 Å². The van der Waals surface area contributed by atoms with Crippen molar-refractivity contribution in [1.82, 2.24) is 0 Å². The second-order valence-electron chi connectivity index (χ2n) is 16.5. The van der Waals surface area contributed by atoms with Crippen LogP contribution in [0.25, 0.3) is 0 Å². The maximum Gasteiger partial charge on any atom is 0.0744 e. The molecule has 2 atom stereocenters. The summed E-state index contributed by atoms with van der Waals surface area (Å²) < 4.78 is 0. The van der Waals surface area contributed by atoms with Gasteiger partial charge in [-0.15, -0.1) is 0 Å². The fraction of sp³-hybridized carbons (Fsp3) is 0.957. The van der Waals surface area contributed by atoms with Crippen molar-refractivity contribution < 1.29 is 10.2 Å². The van der Waals surface area contributed by atoms with Crippen molar-refractivity contribution in [1.29, 1.82) is 0 Å². The van der Waals surface area contributed by atoms with Crippen LogP contribution in [0.4, 0.5) is 0 Å². The summed E-state index contributed by atoms with van der Waals surface area (Å²) in [6, 6.07) is 0. The fourth-order valence-corrected chi connectivity index (χ4v) is 7.57. The molecular weight excluding hydrogens is 597 g/mol. The Hall–Kier alpha value is -0.340.